The molecule has 0 fully saturated rings. The Morgan fingerprint density at radius 1 is 0.826 bits per heavy atom. The molecule has 2 heterocycles. The van der Waals surface area contributed by atoms with Gasteiger partial charge in [0.15, 0.2) is 0 Å². The van der Waals surface area contributed by atoms with Gasteiger partial charge in [-0.3, -0.25) is 9.36 Å². The predicted molar refractivity (Wildman–Crippen MR) is 90.0 cm³/mol. The maximum absolute atomic E-state index is 12.9. The molecule has 2 aromatic rings. The first kappa shape index (κ1) is 13.6. The number of benzene rings is 2. The van der Waals surface area contributed by atoms with E-state index in [0.29, 0.717) is 11.4 Å². The first-order valence-electron chi connectivity index (χ1n) is 7.37. The summed E-state index contributed by atoms with van der Waals surface area (Å²) in [7, 11) is 1.87. The van der Waals surface area contributed by atoms with E-state index < -0.39 is 0 Å². The third-order valence-corrected chi connectivity index (χ3v) is 4.16. The molecule has 5 heteroatoms. The van der Waals surface area contributed by atoms with Crippen molar-refractivity contribution in [2.75, 3.05) is 0 Å². The molecule has 0 bridgehead atoms. The van der Waals surface area contributed by atoms with Crippen LogP contribution in [-0.4, -0.2) is 13.7 Å². The number of aryl methyl sites for hydroxylation is 2. The minimum Gasteiger partial charge on any atom is -0.347 e. The van der Waals surface area contributed by atoms with E-state index >= 15 is 0 Å². The fourth-order valence-corrected chi connectivity index (χ4v) is 2.97. The van der Waals surface area contributed by atoms with Crippen LogP contribution in [0.3, 0.4) is 0 Å². The highest BCUT2D eigenvalue weighted by atomic mass is 16.2. The highest BCUT2D eigenvalue weighted by Crippen LogP contribution is 2.17. The number of hydrogen-bond donors (Lipinski definition) is 0. The molecule has 2 aliphatic rings. The average molecular weight is 305 g/mol. The second-order valence-electron chi connectivity index (χ2n) is 5.71. The lowest BCUT2D eigenvalue weighted by atomic mass is 10.2. The van der Waals surface area contributed by atoms with Crippen LogP contribution in [-0.2, 0) is 7.05 Å². The van der Waals surface area contributed by atoms with E-state index in [9.17, 15) is 9.59 Å². The van der Waals surface area contributed by atoms with Crippen molar-refractivity contribution in [1.29, 1.82) is 0 Å². The maximum Gasteiger partial charge on any atom is 0.341 e. The largest absolute Gasteiger partial charge is 0.347 e. The second-order valence-corrected chi connectivity index (χ2v) is 5.71. The quantitative estimate of drug-likeness (QED) is 0.541. The van der Waals surface area contributed by atoms with Crippen molar-refractivity contribution >= 4 is 11.0 Å². The summed E-state index contributed by atoms with van der Waals surface area (Å²) in [5.74, 6) is 0. The van der Waals surface area contributed by atoms with Crippen LogP contribution in [0.2, 0.25) is 0 Å². The van der Waals surface area contributed by atoms with Crippen LogP contribution < -0.4 is 11.2 Å². The number of rotatable bonds is 1. The third-order valence-electron chi connectivity index (χ3n) is 4.16. The molecule has 0 unspecified atom stereocenters. The number of fused-ring (bicyclic) bond motifs is 3. The lowest BCUT2D eigenvalue weighted by Gasteiger charge is -2.10. The van der Waals surface area contributed by atoms with Gasteiger partial charge in [-0.05, 0) is 31.2 Å². The van der Waals surface area contributed by atoms with E-state index in [4.69, 9.17) is 0 Å². The lowest BCUT2D eigenvalue weighted by Crippen LogP contribution is -2.25. The summed E-state index contributed by atoms with van der Waals surface area (Å²) >= 11 is 0. The van der Waals surface area contributed by atoms with Gasteiger partial charge in [0.05, 0.1) is 16.7 Å². The van der Waals surface area contributed by atoms with E-state index in [2.05, 4.69) is 0 Å². The number of hydrogen-bond acceptors (Lipinski definition) is 2. The van der Waals surface area contributed by atoms with Gasteiger partial charge in [-0.1, -0.05) is 29.8 Å². The van der Waals surface area contributed by atoms with E-state index in [1.807, 2.05) is 54.9 Å². The second kappa shape index (κ2) is 4.71. The van der Waals surface area contributed by atoms with E-state index in [1.165, 1.54) is 9.13 Å². The summed E-state index contributed by atoms with van der Waals surface area (Å²) in [5.41, 5.74) is 3.00. The van der Waals surface area contributed by atoms with Crippen molar-refractivity contribution < 1.29 is 0 Å². The molecule has 5 nitrogen and oxygen atoms in total. The molecule has 0 amide bonds. The van der Waals surface area contributed by atoms with Crippen LogP contribution in [0.4, 0.5) is 0 Å². The summed E-state index contributed by atoms with van der Waals surface area (Å²) in [5, 5.41) is 0. The van der Waals surface area contributed by atoms with Gasteiger partial charge in [0.2, 0.25) is 0 Å². The van der Waals surface area contributed by atoms with Gasteiger partial charge < -0.3 is 4.57 Å². The van der Waals surface area contributed by atoms with Crippen LogP contribution in [0.15, 0.2) is 64.3 Å². The highest BCUT2D eigenvalue weighted by Gasteiger charge is 2.21. The van der Waals surface area contributed by atoms with Crippen LogP contribution in [0, 0.1) is 6.92 Å². The molecule has 0 saturated carbocycles. The lowest BCUT2D eigenvalue weighted by molar-refractivity contribution is 0.889. The van der Waals surface area contributed by atoms with Crippen molar-refractivity contribution in [1.82, 2.24) is 13.7 Å². The smallest absolute Gasteiger partial charge is 0.341 e. The molecule has 0 N–H and O–H groups in total. The minimum atomic E-state index is -0.342. The Hall–Kier alpha value is -3.08. The van der Waals surface area contributed by atoms with Crippen LogP contribution >= 0.6 is 0 Å². The predicted octanol–water partition coefficient (Wildman–Crippen LogP) is 2.23. The molecule has 0 atom stereocenters. The fraction of sp³-hybridized carbons (Fsp3) is 0.111. The van der Waals surface area contributed by atoms with Crippen molar-refractivity contribution in [3.8, 4) is 11.4 Å². The molecule has 23 heavy (non-hydrogen) atoms. The number of aromatic nitrogens is 3. The molecule has 0 aromatic heterocycles. The highest BCUT2D eigenvalue weighted by molar-refractivity contribution is 5.78. The summed E-state index contributed by atoms with van der Waals surface area (Å²) in [4.78, 5) is 25.6. The van der Waals surface area contributed by atoms with Crippen molar-refractivity contribution in [2.24, 2.45) is 7.05 Å². The van der Waals surface area contributed by atoms with Crippen molar-refractivity contribution in [3.05, 3.63) is 81.1 Å². The Kier molecular flexibility index (Phi) is 2.78. The van der Waals surface area contributed by atoms with Gasteiger partial charge in [0.1, 0.15) is 5.69 Å². The van der Waals surface area contributed by atoms with Gasteiger partial charge in [0.25, 0.3) is 5.56 Å². The zero-order valence-corrected chi connectivity index (χ0v) is 12.9. The molecular formula is C18H15N3O2. The topological polar surface area (TPSA) is 48.9 Å². The molecule has 0 radical (unpaired) electrons. The van der Waals surface area contributed by atoms with Gasteiger partial charge in [0, 0.05) is 13.2 Å². The zero-order valence-electron chi connectivity index (χ0n) is 12.9. The standard InChI is InChI=1S/C18H15N3O2/c1-12-7-9-13(10-8-12)20-17(22)16-11-19(2)14-5-3-4-6-15(14)21(16)18(20)23/h3-11H,1-2H3. The molecule has 2 aromatic carbocycles. The fourth-order valence-electron chi connectivity index (χ4n) is 2.97. The molecular weight excluding hydrogens is 290 g/mol. The third kappa shape index (κ3) is 1.86. The Morgan fingerprint density at radius 3 is 2.17 bits per heavy atom. The monoisotopic (exact) mass is 305 g/mol. The Morgan fingerprint density at radius 2 is 1.48 bits per heavy atom. The van der Waals surface area contributed by atoms with Crippen LogP contribution in [0.5, 0.6) is 0 Å². The summed E-state index contributed by atoms with van der Waals surface area (Å²) in [6.07, 6.45) is 1.71. The summed E-state index contributed by atoms with van der Waals surface area (Å²) in [6.45, 7) is 1.97. The Balaban J connectivity index is 2.18. The van der Waals surface area contributed by atoms with E-state index in [0.717, 1.165) is 16.6 Å². The molecule has 0 saturated heterocycles. The van der Waals surface area contributed by atoms with Gasteiger partial charge in [-0.25, -0.2) is 9.36 Å². The van der Waals surface area contributed by atoms with Crippen LogP contribution in [0.1, 0.15) is 5.56 Å². The normalized spacial score (nSPS) is 11.4. The summed E-state index contributed by atoms with van der Waals surface area (Å²) < 4.78 is 4.57. The first-order valence-corrected chi connectivity index (χ1v) is 7.37. The van der Waals surface area contributed by atoms with E-state index in [-0.39, 0.29) is 11.2 Å². The molecule has 4 rings (SSSR count). The maximum atomic E-state index is 12.9. The molecule has 0 aliphatic carbocycles. The number of nitrogens with zero attached hydrogens (tertiary/aromatic N) is 3. The van der Waals surface area contributed by atoms with E-state index in [1.54, 1.807) is 18.3 Å². The summed E-state index contributed by atoms with van der Waals surface area (Å²) in [6, 6.07) is 14.9. The van der Waals surface area contributed by atoms with Crippen LogP contribution in [0.25, 0.3) is 22.4 Å². The molecule has 2 aliphatic heterocycles. The Bertz CT molecular complexity index is 1110. The number of para-hydroxylation sites is 2. The van der Waals surface area contributed by atoms with Gasteiger partial charge >= 0.3 is 5.69 Å². The van der Waals surface area contributed by atoms with Crippen molar-refractivity contribution in [2.45, 2.75) is 6.92 Å². The molecule has 114 valence electrons. The SMILES string of the molecule is Cc1ccc(-n2c(=O)c3cn(C)c4ccccc4n-3c2=O)cc1. The molecule has 0 spiro atoms. The average Bonchev–Trinajstić information content (AvgIpc) is 2.80. The van der Waals surface area contributed by atoms with Crippen molar-refractivity contribution in [3.63, 3.8) is 0 Å². The van der Waals surface area contributed by atoms with Gasteiger partial charge in [-0.2, -0.15) is 0 Å². The minimum absolute atomic E-state index is 0.305. The Labute approximate surface area is 132 Å². The zero-order chi connectivity index (χ0) is 16.1. The number of imidazole rings is 1. The van der Waals surface area contributed by atoms with Gasteiger partial charge in [-0.15, -0.1) is 0 Å². The first-order chi connectivity index (χ1) is 11.1.